The van der Waals surface area contributed by atoms with E-state index in [1.807, 2.05) is 23.6 Å². The van der Waals surface area contributed by atoms with Gasteiger partial charge in [-0.25, -0.2) is 4.98 Å². The van der Waals surface area contributed by atoms with E-state index >= 15 is 0 Å². The Morgan fingerprint density at radius 1 is 1.19 bits per heavy atom. The first-order valence-corrected chi connectivity index (χ1v) is 9.68. The summed E-state index contributed by atoms with van der Waals surface area (Å²) in [5, 5.41) is 9.04. The van der Waals surface area contributed by atoms with E-state index in [1.165, 1.54) is 0 Å². The van der Waals surface area contributed by atoms with Gasteiger partial charge in [-0.15, -0.1) is 0 Å². The Morgan fingerprint density at radius 3 is 2.59 bits per heavy atom. The van der Waals surface area contributed by atoms with E-state index in [4.69, 9.17) is 5.26 Å². The molecule has 3 rings (SSSR count). The van der Waals surface area contributed by atoms with Crippen molar-refractivity contribution in [2.45, 2.75) is 26.7 Å². The molecule has 2 aliphatic rings. The number of amides is 2. The molecule has 0 aromatic carbocycles. The number of nitriles is 1. The zero-order valence-corrected chi connectivity index (χ0v) is 16.1. The van der Waals surface area contributed by atoms with Gasteiger partial charge in [0.25, 0.3) is 0 Å². The van der Waals surface area contributed by atoms with Gasteiger partial charge in [-0.1, -0.05) is 13.8 Å². The minimum atomic E-state index is -0.0898. The zero-order valence-electron chi connectivity index (χ0n) is 16.1. The summed E-state index contributed by atoms with van der Waals surface area (Å²) < 4.78 is 0. The molecule has 0 spiro atoms. The van der Waals surface area contributed by atoms with Crippen LogP contribution in [-0.4, -0.2) is 65.9 Å². The summed E-state index contributed by atoms with van der Waals surface area (Å²) in [6, 6.07) is 5.61. The third-order valence-electron chi connectivity index (χ3n) is 5.37. The van der Waals surface area contributed by atoms with Gasteiger partial charge in [0.15, 0.2) is 0 Å². The van der Waals surface area contributed by atoms with Gasteiger partial charge < -0.3 is 14.7 Å². The predicted molar refractivity (Wildman–Crippen MR) is 102 cm³/mol. The quantitative estimate of drug-likeness (QED) is 0.806. The first kappa shape index (κ1) is 19.2. The lowest BCUT2D eigenvalue weighted by Gasteiger charge is -2.39. The highest BCUT2D eigenvalue weighted by atomic mass is 16.2. The Balaban J connectivity index is 1.56. The molecule has 0 saturated carbocycles. The number of carbonyl (C=O) groups is 2. The average molecular weight is 369 g/mol. The number of piperazine rings is 1. The summed E-state index contributed by atoms with van der Waals surface area (Å²) in [6.07, 6.45) is 3.39. The van der Waals surface area contributed by atoms with Gasteiger partial charge in [-0.05, 0) is 25.0 Å². The number of nitrogens with zero attached hydrogens (tertiary/aromatic N) is 5. The van der Waals surface area contributed by atoms with Crippen molar-refractivity contribution in [3.05, 3.63) is 23.9 Å². The van der Waals surface area contributed by atoms with Crippen LogP contribution < -0.4 is 4.90 Å². The van der Waals surface area contributed by atoms with Gasteiger partial charge in [-0.3, -0.25) is 9.59 Å². The highest BCUT2D eigenvalue weighted by molar-refractivity contribution is 5.82. The van der Waals surface area contributed by atoms with Crippen molar-refractivity contribution in [2.24, 2.45) is 11.8 Å². The number of hydrogen-bond donors (Lipinski definition) is 0. The standard InChI is InChI=1S/C20H27N5O2/c1-15(2)19(26)25-7-3-4-17(14-25)20(27)24-10-8-23(9-11-24)18-12-16(13-21)5-6-22-18/h5-6,12,15,17H,3-4,7-11,14H2,1-2H3. The van der Waals surface area contributed by atoms with Crippen molar-refractivity contribution in [3.63, 3.8) is 0 Å². The first-order chi connectivity index (χ1) is 13.0. The lowest BCUT2D eigenvalue weighted by atomic mass is 9.95. The maximum Gasteiger partial charge on any atom is 0.227 e. The van der Waals surface area contributed by atoms with Crippen LogP contribution in [0.3, 0.4) is 0 Å². The number of rotatable bonds is 3. The average Bonchev–Trinajstić information content (AvgIpc) is 2.72. The summed E-state index contributed by atoms with van der Waals surface area (Å²) in [4.78, 5) is 35.4. The second-order valence-electron chi connectivity index (χ2n) is 7.60. The zero-order chi connectivity index (χ0) is 19.4. The Bertz CT molecular complexity index is 734. The Labute approximate surface area is 160 Å². The fraction of sp³-hybridized carbons (Fsp3) is 0.600. The smallest absolute Gasteiger partial charge is 0.227 e. The van der Waals surface area contributed by atoms with E-state index in [0.29, 0.717) is 38.3 Å². The highest BCUT2D eigenvalue weighted by Gasteiger charge is 2.33. The van der Waals surface area contributed by atoms with Crippen LogP contribution in [-0.2, 0) is 9.59 Å². The fourth-order valence-corrected chi connectivity index (χ4v) is 3.82. The molecule has 0 bridgehead atoms. The van der Waals surface area contributed by atoms with E-state index in [-0.39, 0.29) is 23.7 Å². The van der Waals surface area contributed by atoms with Crippen LogP contribution in [0.4, 0.5) is 5.82 Å². The molecule has 0 N–H and O–H groups in total. The van der Waals surface area contributed by atoms with Crippen molar-refractivity contribution in [2.75, 3.05) is 44.2 Å². The fourth-order valence-electron chi connectivity index (χ4n) is 3.82. The van der Waals surface area contributed by atoms with Crippen molar-refractivity contribution in [1.29, 1.82) is 5.26 Å². The Kier molecular flexibility index (Phi) is 5.94. The van der Waals surface area contributed by atoms with E-state index in [2.05, 4.69) is 16.0 Å². The molecule has 7 heteroatoms. The van der Waals surface area contributed by atoms with Gasteiger partial charge in [-0.2, -0.15) is 5.26 Å². The minimum absolute atomic E-state index is 0.0286. The first-order valence-electron chi connectivity index (χ1n) is 9.68. The summed E-state index contributed by atoms with van der Waals surface area (Å²) in [5.41, 5.74) is 0.593. The largest absolute Gasteiger partial charge is 0.353 e. The maximum absolute atomic E-state index is 12.9. The molecule has 0 aliphatic carbocycles. The van der Waals surface area contributed by atoms with Crippen LogP contribution in [0.1, 0.15) is 32.3 Å². The number of likely N-dealkylation sites (tertiary alicyclic amines) is 1. The molecule has 144 valence electrons. The normalized spacial score (nSPS) is 20.5. The predicted octanol–water partition coefficient (Wildman–Crippen LogP) is 1.50. The van der Waals surface area contributed by atoms with E-state index in [0.717, 1.165) is 25.2 Å². The maximum atomic E-state index is 12.9. The van der Waals surface area contributed by atoms with Crippen molar-refractivity contribution < 1.29 is 9.59 Å². The number of aromatic nitrogens is 1. The van der Waals surface area contributed by atoms with Crippen LogP contribution in [0.2, 0.25) is 0 Å². The van der Waals surface area contributed by atoms with E-state index in [1.54, 1.807) is 18.3 Å². The van der Waals surface area contributed by atoms with Gasteiger partial charge in [0.2, 0.25) is 11.8 Å². The van der Waals surface area contributed by atoms with Crippen LogP contribution in [0.25, 0.3) is 0 Å². The molecule has 27 heavy (non-hydrogen) atoms. The molecule has 1 unspecified atom stereocenters. The summed E-state index contributed by atoms with van der Waals surface area (Å²) in [7, 11) is 0. The second-order valence-corrected chi connectivity index (χ2v) is 7.60. The lowest BCUT2D eigenvalue weighted by molar-refractivity contribution is -0.142. The molecule has 1 aromatic rings. The van der Waals surface area contributed by atoms with Gasteiger partial charge in [0.1, 0.15) is 5.82 Å². The molecule has 1 atom stereocenters. The molecular formula is C20H27N5O2. The van der Waals surface area contributed by atoms with Crippen molar-refractivity contribution >= 4 is 17.6 Å². The number of carbonyl (C=O) groups excluding carboxylic acids is 2. The van der Waals surface area contributed by atoms with Crippen LogP contribution >= 0.6 is 0 Å². The van der Waals surface area contributed by atoms with E-state index < -0.39 is 0 Å². The highest BCUT2D eigenvalue weighted by Crippen LogP contribution is 2.22. The molecular weight excluding hydrogens is 342 g/mol. The molecule has 2 aliphatic heterocycles. The monoisotopic (exact) mass is 369 g/mol. The number of piperidine rings is 1. The van der Waals surface area contributed by atoms with Crippen molar-refractivity contribution in [3.8, 4) is 6.07 Å². The van der Waals surface area contributed by atoms with E-state index in [9.17, 15) is 9.59 Å². The molecule has 7 nitrogen and oxygen atoms in total. The Hall–Kier alpha value is -2.62. The molecule has 3 heterocycles. The van der Waals surface area contributed by atoms with Crippen LogP contribution in [0, 0.1) is 23.2 Å². The topological polar surface area (TPSA) is 80.5 Å². The molecule has 2 fully saturated rings. The number of hydrogen-bond acceptors (Lipinski definition) is 5. The summed E-state index contributed by atoms with van der Waals surface area (Å²) in [6.45, 7) is 7.81. The van der Waals surface area contributed by atoms with Gasteiger partial charge in [0.05, 0.1) is 17.6 Å². The van der Waals surface area contributed by atoms with Gasteiger partial charge >= 0.3 is 0 Å². The second kappa shape index (κ2) is 8.38. The van der Waals surface area contributed by atoms with Gasteiger partial charge in [0, 0.05) is 51.4 Å². The number of pyridine rings is 1. The van der Waals surface area contributed by atoms with Crippen molar-refractivity contribution in [1.82, 2.24) is 14.8 Å². The molecule has 2 saturated heterocycles. The molecule has 2 amide bonds. The SMILES string of the molecule is CC(C)C(=O)N1CCCC(C(=O)N2CCN(c3cc(C#N)ccn3)CC2)C1. The Morgan fingerprint density at radius 2 is 1.93 bits per heavy atom. The minimum Gasteiger partial charge on any atom is -0.353 e. The summed E-state index contributed by atoms with van der Waals surface area (Å²) >= 11 is 0. The van der Waals surface area contributed by atoms with Crippen LogP contribution in [0.5, 0.6) is 0 Å². The third kappa shape index (κ3) is 4.38. The lowest BCUT2D eigenvalue weighted by Crippen LogP contribution is -2.53. The third-order valence-corrected chi connectivity index (χ3v) is 5.37. The number of anilines is 1. The summed E-state index contributed by atoms with van der Waals surface area (Å²) in [5.74, 6) is 0.968. The van der Waals surface area contributed by atoms with Crippen LogP contribution in [0.15, 0.2) is 18.3 Å². The molecule has 0 radical (unpaired) electrons. The molecule has 1 aromatic heterocycles.